The number of pyridine rings is 1. The standard InChI is InChI=1S/C17H22N6O3S/c1-17(2,22-27(4,24)25)10-23-13(9-19-26-3)21-14-15(23)11-7-5-6-8-12(11)20-16(14)18/h5-9,22H,10H2,1-4H3,(H2,18,20)/b19-9+. The van der Waals surface area contributed by atoms with Gasteiger partial charge >= 0.3 is 0 Å². The molecule has 10 heteroatoms. The van der Waals surface area contributed by atoms with E-state index in [1.807, 2.05) is 28.8 Å². The van der Waals surface area contributed by atoms with Crippen molar-refractivity contribution in [3.05, 3.63) is 30.1 Å². The van der Waals surface area contributed by atoms with Gasteiger partial charge in [0.1, 0.15) is 18.8 Å². The minimum absolute atomic E-state index is 0.295. The normalized spacial score (nSPS) is 13.0. The molecule has 0 bridgehead atoms. The average molecular weight is 390 g/mol. The lowest BCUT2D eigenvalue weighted by molar-refractivity contribution is 0.215. The van der Waals surface area contributed by atoms with Crippen LogP contribution in [0.1, 0.15) is 19.7 Å². The molecule has 0 amide bonds. The first-order chi connectivity index (χ1) is 12.6. The number of nitrogens with two attached hydrogens (primary N) is 1. The fourth-order valence-electron chi connectivity index (χ4n) is 3.16. The van der Waals surface area contributed by atoms with Gasteiger partial charge in [0.2, 0.25) is 10.0 Å². The number of nitrogen functional groups attached to an aromatic ring is 1. The number of hydrogen-bond acceptors (Lipinski definition) is 7. The van der Waals surface area contributed by atoms with Crippen molar-refractivity contribution in [1.82, 2.24) is 19.3 Å². The average Bonchev–Trinajstić information content (AvgIpc) is 2.89. The van der Waals surface area contributed by atoms with Crippen molar-refractivity contribution < 1.29 is 13.3 Å². The number of aromatic nitrogens is 3. The molecule has 0 saturated heterocycles. The molecule has 0 saturated carbocycles. The lowest BCUT2D eigenvalue weighted by Crippen LogP contribution is -2.46. The quantitative estimate of drug-likeness (QED) is 0.485. The Morgan fingerprint density at radius 3 is 2.70 bits per heavy atom. The monoisotopic (exact) mass is 390 g/mol. The molecule has 0 fully saturated rings. The fourth-order valence-corrected chi connectivity index (χ4v) is 4.23. The van der Waals surface area contributed by atoms with E-state index < -0.39 is 15.6 Å². The summed E-state index contributed by atoms with van der Waals surface area (Å²) >= 11 is 0. The summed E-state index contributed by atoms with van der Waals surface area (Å²) in [6.07, 6.45) is 2.59. The maximum atomic E-state index is 11.8. The molecule has 0 aliphatic carbocycles. The fraction of sp³-hybridized carbons (Fsp3) is 0.353. The molecule has 144 valence electrons. The first-order valence-corrected chi connectivity index (χ1v) is 10.1. The zero-order chi connectivity index (χ0) is 19.8. The molecule has 0 aliphatic rings. The van der Waals surface area contributed by atoms with E-state index in [4.69, 9.17) is 10.6 Å². The summed E-state index contributed by atoms with van der Waals surface area (Å²) in [4.78, 5) is 13.7. The smallest absolute Gasteiger partial charge is 0.209 e. The van der Waals surface area contributed by atoms with Gasteiger partial charge in [-0.15, -0.1) is 0 Å². The molecule has 9 nitrogen and oxygen atoms in total. The van der Waals surface area contributed by atoms with Crippen molar-refractivity contribution >= 4 is 44.0 Å². The van der Waals surface area contributed by atoms with E-state index in [0.717, 1.165) is 22.7 Å². The number of fused-ring (bicyclic) bond motifs is 3. The first-order valence-electron chi connectivity index (χ1n) is 8.21. The van der Waals surface area contributed by atoms with Gasteiger partial charge in [0, 0.05) is 17.5 Å². The molecule has 3 N–H and O–H groups in total. The van der Waals surface area contributed by atoms with Crippen LogP contribution in [0.25, 0.3) is 21.9 Å². The van der Waals surface area contributed by atoms with E-state index in [1.54, 1.807) is 13.8 Å². The number of para-hydroxylation sites is 1. The van der Waals surface area contributed by atoms with Gasteiger partial charge in [0.25, 0.3) is 0 Å². The summed E-state index contributed by atoms with van der Waals surface area (Å²) in [5.74, 6) is 0.781. The van der Waals surface area contributed by atoms with Crippen LogP contribution in [0.2, 0.25) is 0 Å². The predicted molar refractivity (Wildman–Crippen MR) is 106 cm³/mol. The molecule has 27 heavy (non-hydrogen) atoms. The van der Waals surface area contributed by atoms with E-state index >= 15 is 0 Å². The third kappa shape index (κ3) is 4.01. The molecule has 0 aliphatic heterocycles. The van der Waals surface area contributed by atoms with Gasteiger partial charge < -0.3 is 15.1 Å². The Bertz CT molecular complexity index is 1130. The van der Waals surface area contributed by atoms with Gasteiger partial charge in [-0.2, -0.15) is 0 Å². The Hall–Kier alpha value is -2.72. The summed E-state index contributed by atoms with van der Waals surface area (Å²) in [6, 6.07) is 7.57. The Morgan fingerprint density at radius 1 is 1.33 bits per heavy atom. The molecule has 0 atom stereocenters. The molecule has 3 aromatic rings. The molecule has 1 aromatic carbocycles. The lowest BCUT2D eigenvalue weighted by Gasteiger charge is -2.26. The summed E-state index contributed by atoms with van der Waals surface area (Å²) in [7, 11) is -1.96. The van der Waals surface area contributed by atoms with Crippen molar-refractivity contribution in [1.29, 1.82) is 0 Å². The molecule has 0 spiro atoms. The molecule has 2 heterocycles. The Morgan fingerprint density at radius 2 is 2.04 bits per heavy atom. The van der Waals surface area contributed by atoms with Crippen molar-refractivity contribution in [3.8, 4) is 0 Å². The third-order valence-electron chi connectivity index (χ3n) is 3.93. The maximum Gasteiger partial charge on any atom is 0.209 e. The van der Waals surface area contributed by atoms with E-state index in [2.05, 4.69) is 19.8 Å². The van der Waals surface area contributed by atoms with Crippen LogP contribution in [-0.4, -0.2) is 48.1 Å². The van der Waals surface area contributed by atoms with Gasteiger partial charge in [-0.05, 0) is 19.9 Å². The van der Waals surface area contributed by atoms with Crippen molar-refractivity contribution in [3.63, 3.8) is 0 Å². The number of sulfonamides is 1. The van der Waals surface area contributed by atoms with Gasteiger partial charge in [0.15, 0.2) is 11.6 Å². The number of benzene rings is 1. The van der Waals surface area contributed by atoms with E-state index in [1.165, 1.54) is 13.3 Å². The Balaban J connectivity index is 2.29. The highest BCUT2D eigenvalue weighted by atomic mass is 32.2. The van der Waals surface area contributed by atoms with Crippen molar-refractivity contribution in [2.45, 2.75) is 25.9 Å². The van der Waals surface area contributed by atoms with E-state index in [9.17, 15) is 8.42 Å². The highest BCUT2D eigenvalue weighted by Gasteiger charge is 2.26. The largest absolute Gasteiger partial charge is 0.399 e. The topological polar surface area (TPSA) is 124 Å². The number of anilines is 1. The molecule has 2 aromatic heterocycles. The summed E-state index contributed by atoms with van der Waals surface area (Å²) < 4.78 is 28.0. The van der Waals surface area contributed by atoms with Crippen molar-refractivity contribution in [2.75, 3.05) is 19.1 Å². The zero-order valence-electron chi connectivity index (χ0n) is 15.6. The third-order valence-corrected chi connectivity index (χ3v) is 4.85. The number of imidazole rings is 1. The van der Waals surface area contributed by atoms with Crippen LogP contribution in [0.15, 0.2) is 29.4 Å². The second-order valence-electron chi connectivity index (χ2n) is 6.94. The molecule has 3 rings (SSSR count). The van der Waals surface area contributed by atoms with Crippen LogP contribution >= 0.6 is 0 Å². The number of nitrogens with one attached hydrogen (secondary N) is 1. The highest BCUT2D eigenvalue weighted by molar-refractivity contribution is 7.88. The van der Waals surface area contributed by atoms with Crippen LogP contribution < -0.4 is 10.5 Å². The van der Waals surface area contributed by atoms with Crippen LogP contribution in [0.5, 0.6) is 0 Å². The van der Waals surface area contributed by atoms with Crippen LogP contribution in [0.4, 0.5) is 5.82 Å². The predicted octanol–water partition coefficient (Wildman–Crippen LogP) is 1.47. The molecular formula is C17H22N6O3S. The number of rotatable bonds is 6. The van der Waals surface area contributed by atoms with Gasteiger partial charge in [-0.25, -0.2) is 23.1 Å². The second-order valence-corrected chi connectivity index (χ2v) is 8.69. The number of oxime groups is 1. The lowest BCUT2D eigenvalue weighted by atomic mass is 10.1. The Labute approximate surface area is 157 Å². The molecular weight excluding hydrogens is 368 g/mol. The van der Waals surface area contributed by atoms with E-state index in [-0.39, 0.29) is 0 Å². The number of hydrogen-bond donors (Lipinski definition) is 2. The minimum atomic E-state index is -3.40. The zero-order valence-corrected chi connectivity index (χ0v) is 16.4. The van der Waals surface area contributed by atoms with Crippen molar-refractivity contribution in [2.24, 2.45) is 5.16 Å². The van der Waals surface area contributed by atoms with E-state index in [0.29, 0.717) is 23.7 Å². The SMILES string of the molecule is CO/N=C/c1nc2c(N)nc3ccccc3c2n1CC(C)(C)NS(C)(=O)=O. The van der Waals surface area contributed by atoms with Gasteiger partial charge in [0.05, 0.1) is 17.3 Å². The van der Waals surface area contributed by atoms with Crippen LogP contribution in [-0.2, 0) is 21.4 Å². The maximum absolute atomic E-state index is 11.8. The summed E-state index contributed by atoms with van der Waals surface area (Å²) in [5.41, 5.74) is 7.36. The molecule has 0 unspecified atom stereocenters. The summed E-state index contributed by atoms with van der Waals surface area (Å²) in [5, 5.41) is 4.67. The van der Waals surface area contributed by atoms with Gasteiger partial charge in [-0.1, -0.05) is 23.4 Å². The van der Waals surface area contributed by atoms with Gasteiger partial charge in [-0.3, -0.25) is 0 Å². The minimum Gasteiger partial charge on any atom is -0.399 e. The first kappa shape index (κ1) is 19.1. The second kappa shape index (κ2) is 6.78. The summed E-state index contributed by atoms with van der Waals surface area (Å²) in [6.45, 7) is 3.89. The highest BCUT2D eigenvalue weighted by Crippen LogP contribution is 2.29. The molecule has 0 radical (unpaired) electrons. The van der Waals surface area contributed by atoms with Crippen LogP contribution in [0, 0.1) is 0 Å². The Kier molecular flexibility index (Phi) is 4.79. The number of nitrogens with zero attached hydrogens (tertiary/aromatic N) is 4. The van der Waals surface area contributed by atoms with Crippen LogP contribution in [0.3, 0.4) is 0 Å².